The molecule has 1 aromatic rings. The highest BCUT2D eigenvalue weighted by Gasteiger charge is 2.13. The number of aromatic nitrogens is 1. The molecule has 0 radical (unpaired) electrons. The number of nitro groups is 1. The van der Waals surface area contributed by atoms with Gasteiger partial charge in [-0.15, -0.1) is 0 Å². The van der Waals surface area contributed by atoms with Crippen LogP contribution in [0.25, 0.3) is 0 Å². The van der Waals surface area contributed by atoms with Crippen molar-refractivity contribution < 1.29 is 10.0 Å². The monoisotopic (exact) mass is 168 g/mol. The second-order valence-electron chi connectivity index (χ2n) is 2.32. The Labute approximate surface area is 68.8 Å². The minimum absolute atomic E-state index is 0.467. The first-order valence-electron chi connectivity index (χ1n) is 3.40. The molecule has 0 bridgehead atoms. The molecule has 0 unspecified atom stereocenters. The van der Waals surface area contributed by atoms with Gasteiger partial charge in [0.15, 0.2) is 0 Å². The second-order valence-corrected chi connectivity index (χ2v) is 2.32. The lowest BCUT2D eigenvalue weighted by Crippen LogP contribution is -2.11. The molecule has 12 heavy (non-hydrogen) atoms. The zero-order valence-electron chi connectivity index (χ0n) is 6.25. The van der Waals surface area contributed by atoms with E-state index in [9.17, 15) is 15.2 Å². The molecular formula is C7H8N2O3. The molecule has 1 heterocycles. The van der Waals surface area contributed by atoms with Crippen molar-refractivity contribution >= 4 is 0 Å². The number of aliphatic hydroxyl groups excluding tert-OH is 1. The van der Waals surface area contributed by atoms with Crippen molar-refractivity contribution in [3.05, 3.63) is 40.2 Å². The zero-order valence-corrected chi connectivity index (χ0v) is 6.25. The van der Waals surface area contributed by atoms with Crippen LogP contribution in [0.5, 0.6) is 0 Å². The predicted octanol–water partition coefficient (Wildman–Crippen LogP) is 0.392. The Bertz CT molecular complexity index is 263. The molecule has 0 aromatic carbocycles. The van der Waals surface area contributed by atoms with Crippen LogP contribution in [0.3, 0.4) is 0 Å². The van der Waals surface area contributed by atoms with E-state index in [2.05, 4.69) is 4.98 Å². The zero-order chi connectivity index (χ0) is 8.97. The summed E-state index contributed by atoms with van der Waals surface area (Å²) in [6.45, 7) is -0.480. The molecule has 0 aliphatic carbocycles. The normalized spacial score (nSPS) is 12.4. The summed E-state index contributed by atoms with van der Waals surface area (Å²) in [4.78, 5) is 13.2. The first-order valence-corrected chi connectivity index (χ1v) is 3.40. The maximum Gasteiger partial charge on any atom is 0.233 e. The molecule has 0 aliphatic rings. The van der Waals surface area contributed by atoms with E-state index in [1.165, 1.54) is 6.20 Å². The van der Waals surface area contributed by atoms with E-state index in [1.807, 2.05) is 0 Å². The number of aliphatic hydroxyl groups is 1. The Kier molecular flexibility index (Phi) is 2.71. The summed E-state index contributed by atoms with van der Waals surface area (Å²) in [7, 11) is 0. The Morgan fingerprint density at radius 3 is 3.00 bits per heavy atom. The molecule has 1 aromatic heterocycles. The van der Waals surface area contributed by atoms with Crippen molar-refractivity contribution in [2.75, 3.05) is 6.54 Å². The van der Waals surface area contributed by atoms with E-state index in [0.29, 0.717) is 5.56 Å². The molecule has 0 saturated carbocycles. The van der Waals surface area contributed by atoms with Gasteiger partial charge in [0.05, 0.1) is 0 Å². The van der Waals surface area contributed by atoms with Gasteiger partial charge in [-0.3, -0.25) is 15.1 Å². The van der Waals surface area contributed by atoms with E-state index in [1.54, 1.807) is 18.3 Å². The van der Waals surface area contributed by atoms with E-state index in [-0.39, 0.29) is 0 Å². The summed E-state index contributed by atoms with van der Waals surface area (Å²) >= 11 is 0. The first kappa shape index (κ1) is 8.61. The van der Waals surface area contributed by atoms with Gasteiger partial charge in [0.25, 0.3) is 0 Å². The second kappa shape index (κ2) is 3.77. The fourth-order valence-electron chi connectivity index (χ4n) is 0.820. The quantitative estimate of drug-likeness (QED) is 0.523. The van der Waals surface area contributed by atoms with Crippen LogP contribution in [0.2, 0.25) is 0 Å². The van der Waals surface area contributed by atoms with E-state index < -0.39 is 17.6 Å². The summed E-state index contributed by atoms with van der Waals surface area (Å²) in [5.74, 6) is 0. The molecule has 5 heteroatoms. The van der Waals surface area contributed by atoms with Gasteiger partial charge in [-0.2, -0.15) is 0 Å². The molecule has 1 atom stereocenters. The van der Waals surface area contributed by atoms with Crippen LogP contribution in [-0.2, 0) is 0 Å². The fourth-order valence-corrected chi connectivity index (χ4v) is 0.820. The summed E-state index contributed by atoms with van der Waals surface area (Å²) in [6, 6.07) is 3.22. The maximum absolute atomic E-state index is 10.0. The van der Waals surface area contributed by atoms with Crippen molar-refractivity contribution in [2.24, 2.45) is 0 Å². The van der Waals surface area contributed by atoms with Gasteiger partial charge in [0.2, 0.25) is 6.54 Å². The van der Waals surface area contributed by atoms with Crippen LogP contribution in [0.1, 0.15) is 11.7 Å². The molecular weight excluding hydrogens is 160 g/mol. The average molecular weight is 168 g/mol. The standard InChI is InChI=1S/C7H8N2O3/c10-7(5-9(11)12)6-2-1-3-8-4-6/h1-4,7,10H,5H2/t7-/m1/s1. The van der Waals surface area contributed by atoms with E-state index in [4.69, 9.17) is 0 Å². The lowest BCUT2D eigenvalue weighted by molar-refractivity contribution is -0.491. The average Bonchev–Trinajstić information content (AvgIpc) is 2.05. The highest BCUT2D eigenvalue weighted by Crippen LogP contribution is 2.09. The Hall–Kier alpha value is -1.49. The third-order valence-corrected chi connectivity index (χ3v) is 1.39. The minimum atomic E-state index is -1.06. The smallest absolute Gasteiger partial charge is 0.233 e. The van der Waals surface area contributed by atoms with Crippen LogP contribution in [-0.4, -0.2) is 21.6 Å². The lowest BCUT2D eigenvalue weighted by atomic mass is 10.2. The number of hydrogen-bond acceptors (Lipinski definition) is 4. The molecule has 0 fully saturated rings. The molecule has 0 spiro atoms. The summed E-state index contributed by atoms with van der Waals surface area (Å²) in [5.41, 5.74) is 0.467. The van der Waals surface area contributed by atoms with Gasteiger partial charge >= 0.3 is 0 Å². The molecule has 64 valence electrons. The Morgan fingerprint density at radius 1 is 1.75 bits per heavy atom. The molecule has 0 amide bonds. The summed E-state index contributed by atoms with van der Waals surface area (Å²) in [5, 5.41) is 19.2. The van der Waals surface area contributed by atoms with E-state index in [0.717, 1.165) is 0 Å². The molecule has 5 nitrogen and oxygen atoms in total. The first-order chi connectivity index (χ1) is 5.70. The van der Waals surface area contributed by atoms with Crippen LogP contribution < -0.4 is 0 Å². The summed E-state index contributed by atoms with van der Waals surface area (Å²) < 4.78 is 0. The maximum atomic E-state index is 10.0. The molecule has 0 aliphatic heterocycles. The van der Waals surface area contributed by atoms with Gasteiger partial charge in [0.1, 0.15) is 6.10 Å². The van der Waals surface area contributed by atoms with Crippen molar-refractivity contribution in [1.82, 2.24) is 4.98 Å². The van der Waals surface area contributed by atoms with Gasteiger partial charge in [-0.25, -0.2) is 0 Å². The molecule has 1 N–H and O–H groups in total. The molecule has 1 rings (SSSR count). The fraction of sp³-hybridized carbons (Fsp3) is 0.286. The van der Waals surface area contributed by atoms with Crippen LogP contribution in [0.15, 0.2) is 24.5 Å². The van der Waals surface area contributed by atoms with Gasteiger partial charge in [0, 0.05) is 22.9 Å². The topological polar surface area (TPSA) is 76.3 Å². The van der Waals surface area contributed by atoms with Crippen LogP contribution >= 0.6 is 0 Å². The van der Waals surface area contributed by atoms with Gasteiger partial charge in [-0.1, -0.05) is 6.07 Å². The lowest BCUT2D eigenvalue weighted by Gasteiger charge is -2.03. The third kappa shape index (κ3) is 2.28. The third-order valence-electron chi connectivity index (χ3n) is 1.39. The number of pyridine rings is 1. The largest absolute Gasteiger partial charge is 0.381 e. The number of nitrogens with zero attached hydrogens (tertiary/aromatic N) is 2. The minimum Gasteiger partial charge on any atom is -0.381 e. The number of rotatable bonds is 3. The van der Waals surface area contributed by atoms with Crippen molar-refractivity contribution in [2.45, 2.75) is 6.10 Å². The highest BCUT2D eigenvalue weighted by atomic mass is 16.6. The highest BCUT2D eigenvalue weighted by molar-refractivity contribution is 5.11. The van der Waals surface area contributed by atoms with Crippen LogP contribution in [0.4, 0.5) is 0 Å². The summed E-state index contributed by atoms with van der Waals surface area (Å²) in [6.07, 6.45) is 1.89. The van der Waals surface area contributed by atoms with Gasteiger partial charge in [-0.05, 0) is 6.07 Å². The van der Waals surface area contributed by atoms with E-state index >= 15 is 0 Å². The predicted molar refractivity (Wildman–Crippen MR) is 41.1 cm³/mol. The van der Waals surface area contributed by atoms with Crippen molar-refractivity contribution in [1.29, 1.82) is 0 Å². The van der Waals surface area contributed by atoms with Crippen molar-refractivity contribution in [3.63, 3.8) is 0 Å². The van der Waals surface area contributed by atoms with Crippen LogP contribution in [0, 0.1) is 10.1 Å². The Balaban J connectivity index is 2.65. The SMILES string of the molecule is O=[N+]([O-])C[C@@H](O)c1cccnc1. The molecule has 0 saturated heterocycles. The van der Waals surface area contributed by atoms with Crippen molar-refractivity contribution in [3.8, 4) is 0 Å². The number of hydrogen-bond donors (Lipinski definition) is 1. The van der Waals surface area contributed by atoms with Gasteiger partial charge < -0.3 is 5.11 Å². The Morgan fingerprint density at radius 2 is 2.50 bits per heavy atom.